The molecular formula is C16H21ClN4. The summed E-state index contributed by atoms with van der Waals surface area (Å²) in [6, 6.07) is 11.1. The van der Waals surface area contributed by atoms with Gasteiger partial charge in [0.05, 0.1) is 16.4 Å². The Morgan fingerprint density at radius 1 is 1.29 bits per heavy atom. The topological polar surface area (TPSA) is 35.2 Å². The molecule has 2 heterocycles. The molecule has 0 amide bonds. The van der Waals surface area contributed by atoms with Crippen molar-refractivity contribution in [3.05, 3.63) is 46.7 Å². The zero-order valence-electron chi connectivity index (χ0n) is 12.5. The van der Waals surface area contributed by atoms with Crippen LogP contribution in [0.25, 0.3) is 0 Å². The van der Waals surface area contributed by atoms with E-state index in [9.17, 15) is 0 Å². The molecule has 1 aliphatic rings. The number of aromatic nitrogens is 2. The molecule has 5 heteroatoms. The fourth-order valence-electron chi connectivity index (χ4n) is 2.87. The standard InChI is InChI=1S/C16H21ClN4/c1-12-10-21(14-6-4-3-5-7-14)9-8-20(12)11-15-16(17)13(2)18-19-15/h3-7,12H,8-11H2,1-2H3,(H,18,19)/t12-/m0/s1. The second-order valence-electron chi connectivity index (χ2n) is 5.71. The molecule has 1 saturated heterocycles. The Labute approximate surface area is 130 Å². The number of rotatable bonds is 3. The minimum atomic E-state index is 0.479. The first-order valence-corrected chi connectivity index (χ1v) is 7.76. The number of nitrogens with one attached hydrogen (secondary N) is 1. The van der Waals surface area contributed by atoms with Crippen LogP contribution in [0, 0.1) is 6.92 Å². The minimum Gasteiger partial charge on any atom is -0.369 e. The van der Waals surface area contributed by atoms with Gasteiger partial charge in [0.25, 0.3) is 0 Å². The van der Waals surface area contributed by atoms with Gasteiger partial charge in [-0.25, -0.2) is 0 Å². The highest BCUT2D eigenvalue weighted by Crippen LogP contribution is 2.23. The average molecular weight is 305 g/mol. The normalized spacial score (nSPS) is 20.0. The van der Waals surface area contributed by atoms with Crippen LogP contribution in [0.5, 0.6) is 0 Å². The SMILES string of the molecule is Cc1[nH]nc(CN2CCN(c3ccccc3)C[C@@H]2C)c1Cl. The van der Waals surface area contributed by atoms with Gasteiger partial charge in [0.2, 0.25) is 0 Å². The highest BCUT2D eigenvalue weighted by atomic mass is 35.5. The molecule has 1 fully saturated rings. The van der Waals surface area contributed by atoms with Gasteiger partial charge in [0.15, 0.2) is 0 Å². The molecule has 1 aromatic carbocycles. The van der Waals surface area contributed by atoms with Gasteiger partial charge >= 0.3 is 0 Å². The fraction of sp³-hybridized carbons (Fsp3) is 0.438. The first-order valence-electron chi connectivity index (χ1n) is 7.38. The van der Waals surface area contributed by atoms with Crippen molar-refractivity contribution in [3.8, 4) is 0 Å². The Balaban J connectivity index is 1.65. The molecule has 1 aromatic heterocycles. The van der Waals surface area contributed by atoms with Crippen LogP contribution in [0.1, 0.15) is 18.3 Å². The summed E-state index contributed by atoms with van der Waals surface area (Å²) in [5, 5.41) is 8.04. The van der Waals surface area contributed by atoms with Crippen LogP contribution in [0.15, 0.2) is 30.3 Å². The van der Waals surface area contributed by atoms with Gasteiger partial charge in [-0.2, -0.15) is 5.10 Å². The van der Waals surface area contributed by atoms with Gasteiger partial charge < -0.3 is 4.90 Å². The molecule has 0 saturated carbocycles. The number of hydrogen-bond acceptors (Lipinski definition) is 3. The first-order chi connectivity index (χ1) is 10.1. The summed E-state index contributed by atoms with van der Waals surface area (Å²) >= 11 is 6.27. The van der Waals surface area contributed by atoms with E-state index in [-0.39, 0.29) is 0 Å². The van der Waals surface area contributed by atoms with Crippen molar-refractivity contribution < 1.29 is 0 Å². The number of aromatic amines is 1. The van der Waals surface area contributed by atoms with Gasteiger partial charge in [-0.15, -0.1) is 0 Å². The van der Waals surface area contributed by atoms with E-state index in [2.05, 4.69) is 57.3 Å². The van der Waals surface area contributed by atoms with Crippen LogP contribution in [0.2, 0.25) is 5.02 Å². The zero-order valence-corrected chi connectivity index (χ0v) is 13.3. The molecule has 0 spiro atoms. The Bertz CT molecular complexity index is 596. The molecular weight excluding hydrogens is 284 g/mol. The summed E-state index contributed by atoms with van der Waals surface area (Å²) in [4.78, 5) is 4.89. The maximum atomic E-state index is 6.27. The number of benzene rings is 1. The van der Waals surface area contributed by atoms with Crippen molar-refractivity contribution in [2.75, 3.05) is 24.5 Å². The van der Waals surface area contributed by atoms with Crippen LogP contribution >= 0.6 is 11.6 Å². The lowest BCUT2D eigenvalue weighted by molar-refractivity contribution is 0.179. The molecule has 0 aliphatic carbocycles. The summed E-state index contributed by atoms with van der Waals surface area (Å²) in [5.41, 5.74) is 3.20. The van der Waals surface area contributed by atoms with Crippen molar-refractivity contribution in [1.29, 1.82) is 0 Å². The van der Waals surface area contributed by atoms with Crippen LogP contribution < -0.4 is 4.90 Å². The van der Waals surface area contributed by atoms with Crippen molar-refractivity contribution in [1.82, 2.24) is 15.1 Å². The molecule has 1 atom stereocenters. The predicted molar refractivity (Wildman–Crippen MR) is 86.9 cm³/mol. The number of piperazine rings is 1. The maximum absolute atomic E-state index is 6.27. The number of hydrogen-bond donors (Lipinski definition) is 1. The minimum absolute atomic E-state index is 0.479. The van der Waals surface area contributed by atoms with Gasteiger partial charge in [0, 0.05) is 37.9 Å². The monoisotopic (exact) mass is 304 g/mol. The lowest BCUT2D eigenvalue weighted by Crippen LogP contribution is -2.51. The quantitative estimate of drug-likeness (QED) is 0.946. The Kier molecular flexibility index (Phi) is 4.17. The van der Waals surface area contributed by atoms with Crippen LogP contribution in [0.4, 0.5) is 5.69 Å². The second-order valence-corrected chi connectivity index (χ2v) is 6.09. The van der Waals surface area contributed by atoms with Crippen LogP contribution in [0.3, 0.4) is 0 Å². The molecule has 21 heavy (non-hydrogen) atoms. The summed E-state index contributed by atoms with van der Waals surface area (Å²) < 4.78 is 0. The molecule has 3 rings (SSSR count). The highest BCUT2D eigenvalue weighted by molar-refractivity contribution is 6.31. The smallest absolute Gasteiger partial charge is 0.0951 e. The van der Waals surface area contributed by atoms with Gasteiger partial charge in [-0.1, -0.05) is 29.8 Å². The third-order valence-corrected chi connectivity index (χ3v) is 4.68. The Morgan fingerprint density at radius 2 is 2.05 bits per heavy atom. The van der Waals surface area contributed by atoms with Crippen molar-refractivity contribution in [2.24, 2.45) is 0 Å². The zero-order chi connectivity index (χ0) is 14.8. The van der Waals surface area contributed by atoms with Gasteiger partial charge in [-0.05, 0) is 26.0 Å². The van der Waals surface area contributed by atoms with Crippen LogP contribution in [-0.2, 0) is 6.54 Å². The number of H-pyrrole nitrogens is 1. The second kappa shape index (κ2) is 6.08. The van der Waals surface area contributed by atoms with Crippen LogP contribution in [-0.4, -0.2) is 40.8 Å². The van der Waals surface area contributed by atoms with Crippen molar-refractivity contribution in [2.45, 2.75) is 26.4 Å². The average Bonchev–Trinajstić information content (AvgIpc) is 2.82. The summed E-state index contributed by atoms with van der Waals surface area (Å²) in [7, 11) is 0. The van der Waals surface area contributed by atoms with E-state index < -0.39 is 0 Å². The predicted octanol–water partition coefficient (Wildman–Crippen LogP) is 3.08. The molecule has 0 unspecified atom stereocenters. The number of para-hydroxylation sites is 1. The van der Waals surface area contributed by atoms with Gasteiger partial charge in [0.1, 0.15) is 0 Å². The molecule has 2 aromatic rings. The molecule has 1 N–H and O–H groups in total. The van der Waals surface area contributed by atoms with E-state index in [1.165, 1.54) is 5.69 Å². The molecule has 0 radical (unpaired) electrons. The molecule has 4 nitrogen and oxygen atoms in total. The number of halogens is 1. The first kappa shape index (κ1) is 14.4. The summed E-state index contributed by atoms with van der Waals surface area (Å²) in [6.07, 6.45) is 0. The molecule has 112 valence electrons. The Morgan fingerprint density at radius 3 is 2.67 bits per heavy atom. The largest absolute Gasteiger partial charge is 0.369 e. The summed E-state index contributed by atoms with van der Waals surface area (Å²) in [6.45, 7) is 8.13. The van der Waals surface area contributed by atoms with E-state index >= 15 is 0 Å². The summed E-state index contributed by atoms with van der Waals surface area (Å²) in [5.74, 6) is 0. The van der Waals surface area contributed by atoms with E-state index in [0.717, 1.165) is 42.6 Å². The lowest BCUT2D eigenvalue weighted by atomic mass is 10.1. The number of aryl methyl sites for hydroxylation is 1. The van der Waals surface area contributed by atoms with E-state index in [1.54, 1.807) is 0 Å². The Hall–Kier alpha value is -1.52. The third-order valence-electron chi connectivity index (χ3n) is 4.18. The lowest BCUT2D eigenvalue weighted by Gasteiger charge is -2.40. The van der Waals surface area contributed by atoms with E-state index in [4.69, 9.17) is 11.6 Å². The molecule has 0 bridgehead atoms. The maximum Gasteiger partial charge on any atom is 0.0951 e. The van der Waals surface area contributed by atoms with E-state index in [0.29, 0.717) is 6.04 Å². The fourth-order valence-corrected chi connectivity index (χ4v) is 3.01. The van der Waals surface area contributed by atoms with Crippen molar-refractivity contribution in [3.63, 3.8) is 0 Å². The van der Waals surface area contributed by atoms with Crippen molar-refractivity contribution >= 4 is 17.3 Å². The van der Waals surface area contributed by atoms with Gasteiger partial charge in [-0.3, -0.25) is 10.00 Å². The highest BCUT2D eigenvalue weighted by Gasteiger charge is 2.25. The third kappa shape index (κ3) is 3.06. The number of anilines is 1. The van der Waals surface area contributed by atoms with E-state index in [1.807, 2.05) is 6.92 Å². The molecule has 1 aliphatic heterocycles. The number of nitrogens with zero attached hydrogens (tertiary/aromatic N) is 3.